The van der Waals surface area contributed by atoms with Crippen LogP contribution in [0.1, 0.15) is 53.7 Å². The lowest BCUT2D eigenvalue weighted by Crippen LogP contribution is -2.32. The first kappa shape index (κ1) is 30.0. The van der Waals surface area contributed by atoms with Gasteiger partial charge in [-0.2, -0.15) is 18.2 Å². The number of carbonyl (C=O) groups is 1. The number of pyridine rings is 1. The molecule has 220 valence electrons. The molecule has 0 fully saturated rings. The number of methoxy groups -OCH3 is 1. The van der Waals surface area contributed by atoms with Gasteiger partial charge in [0.2, 0.25) is 11.8 Å². The van der Waals surface area contributed by atoms with Crippen molar-refractivity contribution in [3.05, 3.63) is 64.1 Å². The number of ether oxygens (including phenoxy) is 1. The molecule has 1 aromatic carbocycles. The Balaban J connectivity index is 1.76. The average molecular weight is 597 g/mol. The molecule has 12 nitrogen and oxygen atoms in total. The van der Waals surface area contributed by atoms with Gasteiger partial charge in [0.25, 0.3) is 11.7 Å². The molecule has 0 aliphatic carbocycles. The Hall–Kier alpha value is -3.94. The van der Waals surface area contributed by atoms with Crippen LogP contribution < -0.4 is 20.1 Å². The fraction of sp³-hybridized carbons (Fsp3) is 0.360. The molecule has 1 aliphatic rings. The van der Waals surface area contributed by atoms with E-state index in [0.29, 0.717) is 17.3 Å². The summed E-state index contributed by atoms with van der Waals surface area (Å²) in [5, 5.41) is 16.2. The quantitative estimate of drug-likeness (QED) is 0.158. The number of rotatable bonds is 9. The van der Waals surface area contributed by atoms with Crippen molar-refractivity contribution in [1.29, 1.82) is 0 Å². The van der Waals surface area contributed by atoms with Gasteiger partial charge in [0.15, 0.2) is 0 Å². The van der Waals surface area contributed by atoms with E-state index in [1.807, 2.05) is 0 Å². The van der Waals surface area contributed by atoms with Crippen LogP contribution >= 0.6 is 7.60 Å². The molecule has 0 unspecified atom stereocenters. The first-order valence-electron chi connectivity index (χ1n) is 12.4. The van der Waals surface area contributed by atoms with Crippen molar-refractivity contribution in [3.8, 4) is 5.75 Å². The number of anilines is 4. The van der Waals surface area contributed by atoms with Gasteiger partial charge in [-0.15, -0.1) is 0 Å². The Morgan fingerprint density at radius 2 is 1.88 bits per heavy atom. The zero-order valence-electron chi connectivity index (χ0n) is 22.5. The fourth-order valence-corrected chi connectivity index (χ4v) is 6.18. The number of fused-ring (bicyclic) bond motifs is 1. The van der Waals surface area contributed by atoms with E-state index in [4.69, 9.17) is 4.74 Å². The van der Waals surface area contributed by atoms with Crippen LogP contribution in [0.25, 0.3) is 0 Å². The maximum Gasteiger partial charge on any atom is 0.423 e. The molecule has 0 radical (unpaired) electrons. The number of nitrogens with one attached hydrogen (secondary N) is 2. The highest BCUT2D eigenvalue weighted by Gasteiger charge is 2.45. The molecule has 2 aromatic heterocycles. The largest absolute Gasteiger partial charge is 0.711 e. The third kappa shape index (κ3) is 5.39. The van der Waals surface area contributed by atoms with Crippen LogP contribution in [0.15, 0.2) is 36.7 Å². The highest BCUT2D eigenvalue weighted by atomic mass is 31.2. The Kier molecular flexibility index (Phi) is 7.91. The van der Waals surface area contributed by atoms with Crippen molar-refractivity contribution in [2.75, 3.05) is 24.8 Å². The number of halogens is 3. The number of carbonyl (C=O) groups excluding carboxylic acids is 1. The first-order valence-corrected chi connectivity index (χ1v) is 14.0. The second kappa shape index (κ2) is 10.8. The Morgan fingerprint density at radius 3 is 2.46 bits per heavy atom. The maximum absolute atomic E-state index is 13.9. The van der Waals surface area contributed by atoms with E-state index in [2.05, 4.69) is 20.6 Å². The predicted octanol–water partition coefficient (Wildman–Crippen LogP) is 4.40. The van der Waals surface area contributed by atoms with Gasteiger partial charge in [0.1, 0.15) is 16.9 Å². The number of alkyl halides is 3. The van der Waals surface area contributed by atoms with E-state index in [1.54, 1.807) is 13.8 Å². The molecule has 3 aromatic rings. The number of hydrogen-bond acceptors (Lipinski definition) is 8. The summed E-state index contributed by atoms with van der Waals surface area (Å²) in [6.07, 6.45) is -3.02. The van der Waals surface area contributed by atoms with E-state index in [9.17, 15) is 37.5 Å². The second-order valence-corrected chi connectivity index (χ2v) is 11.4. The number of aromatic nitrogens is 3. The normalized spacial score (nSPS) is 13.8. The summed E-state index contributed by atoms with van der Waals surface area (Å²) in [4.78, 5) is 41.8. The van der Waals surface area contributed by atoms with Crippen molar-refractivity contribution in [1.82, 2.24) is 14.9 Å². The summed E-state index contributed by atoms with van der Waals surface area (Å²) in [5.74, 6) is -1.91. The standard InChI is InChI=1S/C25H28F3N6O6P/c1-5-24(6-2,41(37,38)39)15-7-8-17(18(11-15)40-4)30-23-29-12-16(25(26,27)28)20(32-23)31-21-19-14(9-10-34(21)36)13-33(3)22(19)35/h7-12H,5-6,13H2,1-4H3,(H2,37,38,39)(H2,29,30,31,32). The molecule has 16 heteroatoms. The van der Waals surface area contributed by atoms with E-state index in [-0.39, 0.29) is 47.1 Å². The SMILES string of the molecule is CCC(CC)(c1ccc(Nc2ncc(C(F)(F)F)c(Nc3c4c(cc[n+]3[O-])CN(C)C4=O)n2)c(OC)c1)P(=O)(O)O. The van der Waals surface area contributed by atoms with Crippen LogP contribution in [0.2, 0.25) is 0 Å². The molecular weight excluding hydrogens is 568 g/mol. The van der Waals surface area contributed by atoms with E-state index in [0.717, 1.165) is 6.20 Å². The summed E-state index contributed by atoms with van der Waals surface area (Å²) < 4.78 is 59.7. The molecule has 0 saturated heterocycles. The van der Waals surface area contributed by atoms with E-state index in [1.165, 1.54) is 43.3 Å². The summed E-state index contributed by atoms with van der Waals surface area (Å²) >= 11 is 0. The molecule has 4 N–H and O–H groups in total. The van der Waals surface area contributed by atoms with Gasteiger partial charge in [-0.1, -0.05) is 19.9 Å². The van der Waals surface area contributed by atoms with Gasteiger partial charge < -0.3 is 29.9 Å². The van der Waals surface area contributed by atoms with E-state index < -0.39 is 42.0 Å². The molecule has 0 bridgehead atoms. The summed E-state index contributed by atoms with van der Waals surface area (Å²) in [7, 11) is -1.77. The molecule has 4 rings (SSSR count). The van der Waals surface area contributed by atoms with Gasteiger partial charge in [0.05, 0.1) is 24.2 Å². The Bertz CT molecular complexity index is 1540. The number of hydrogen-bond donors (Lipinski definition) is 4. The second-order valence-electron chi connectivity index (χ2n) is 9.45. The zero-order chi connectivity index (χ0) is 30.3. The van der Waals surface area contributed by atoms with Crippen LogP contribution in [0.3, 0.4) is 0 Å². The number of amides is 1. The topological polar surface area (TPSA) is 164 Å². The summed E-state index contributed by atoms with van der Waals surface area (Å²) in [6.45, 7) is 3.50. The lowest BCUT2D eigenvalue weighted by atomic mass is 9.92. The first-order chi connectivity index (χ1) is 19.2. The zero-order valence-corrected chi connectivity index (χ0v) is 23.4. The fourth-order valence-electron chi connectivity index (χ4n) is 4.88. The summed E-state index contributed by atoms with van der Waals surface area (Å²) in [6, 6.07) is 5.78. The number of nitrogens with zero attached hydrogens (tertiary/aromatic N) is 4. The molecular formula is C25H28F3N6O6P. The van der Waals surface area contributed by atoms with Crippen molar-refractivity contribution in [2.45, 2.75) is 44.6 Å². The third-order valence-electron chi connectivity index (χ3n) is 7.20. The predicted molar refractivity (Wildman–Crippen MR) is 142 cm³/mol. The monoisotopic (exact) mass is 596 g/mol. The maximum atomic E-state index is 13.9. The highest BCUT2D eigenvalue weighted by molar-refractivity contribution is 7.53. The number of benzene rings is 1. The molecule has 1 amide bonds. The lowest BCUT2D eigenvalue weighted by Gasteiger charge is -2.33. The van der Waals surface area contributed by atoms with Crippen LogP contribution in [0.5, 0.6) is 5.75 Å². The van der Waals surface area contributed by atoms with Crippen LogP contribution in [0, 0.1) is 5.21 Å². The Labute approximate surface area is 232 Å². The van der Waals surface area contributed by atoms with Crippen molar-refractivity contribution < 1.29 is 41.8 Å². The summed E-state index contributed by atoms with van der Waals surface area (Å²) in [5.41, 5.74) is -0.363. The smallest absolute Gasteiger partial charge is 0.423 e. The van der Waals surface area contributed by atoms with Crippen LogP contribution in [0.4, 0.5) is 36.4 Å². The lowest BCUT2D eigenvalue weighted by molar-refractivity contribution is -0.590. The molecule has 1 aliphatic heterocycles. The third-order valence-corrected chi connectivity index (χ3v) is 9.21. The van der Waals surface area contributed by atoms with Crippen LogP contribution in [-0.4, -0.2) is 44.7 Å². The van der Waals surface area contributed by atoms with Gasteiger partial charge in [-0.3, -0.25) is 9.36 Å². The Morgan fingerprint density at radius 1 is 1.20 bits per heavy atom. The molecule has 0 saturated carbocycles. The van der Waals surface area contributed by atoms with E-state index >= 15 is 0 Å². The van der Waals surface area contributed by atoms with Crippen LogP contribution in [-0.2, 0) is 22.4 Å². The van der Waals surface area contributed by atoms with Crippen molar-refractivity contribution in [3.63, 3.8) is 0 Å². The minimum absolute atomic E-state index is 0.0658. The molecule has 0 spiro atoms. The highest BCUT2D eigenvalue weighted by Crippen LogP contribution is 2.61. The van der Waals surface area contributed by atoms with Gasteiger partial charge in [-0.05, 0) is 42.2 Å². The molecule has 3 heterocycles. The van der Waals surface area contributed by atoms with Gasteiger partial charge >= 0.3 is 13.8 Å². The van der Waals surface area contributed by atoms with Crippen molar-refractivity contribution in [2.24, 2.45) is 0 Å². The van der Waals surface area contributed by atoms with Gasteiger partial charge in [0, 0.05) is 19.8 Å². The minimum atomic E-state index is -4.90. The minimum Gasteiger partial charge on any atom is -0.711 e. The molecule has 0 atom stereocenters. The molecule has 41 heavy (non-hydrogen) atoms. The average Bonchev–Trinajstić information content (AvgIpc) is 3.19. The van der Waals surface area contributed by atoms with Crippen molar-refractivity contribution >= 4 is 36.8 Å². The van der Waals surface area contributed by atoms with Gasteiger partial charge in [-0.25, -0.2) is 15.0 Å².